The van der Waals surface area contributed by atoms with E-state index < -0.39 is 0 Å². The van der Waals surface area contributed by atoms with Gasteiger partial charge in [-0.3, -0.25) is 4.68 Å². The molecule has 0 fully saturated rings. The van der Waals surface area contributed by atoms with Gasteiger partial charge < -0.3 is 5.11 Å². The standard InChI is InChI=1S/C15H27BrN2O/c1-4-5-6-7-8-9-10-13(19)11-14-15(16)12(2)17-18(14)3/h13,19H,4-11H2,1-3H3. The lowest BCUT2D eigenvalue weighted by molar-refractivity contribution is 0.158. The lowest BCUT2D eigenvalue weighted by Gasteiger charge is -2.11. The number of hydrogen-bond acceptors (Lipinski definition) is 2. The summed E-state index contributed by atoms with van der Waals surface area (Å²) in [5.74, 6) is 0. The summed E-state index contributed by atoms with van der Waals surface area (Å²) in [6, 6.07) is 0. The van der Waals surface area contributed by atoms with E-state index in [1.807, 2.05) is 18.7 Å². The first-order valence-corrected chi connectivity index (χ1v) is 8.21. The zero-order chi connectivity index (χ0) is 14.3. The van der Waals surface area contributed by atoms with E-state index in [9.17, 15) is 5.11 Å². The van der Waals surface area contributed by atoms with Crippen molar-refractivity contribution in [1.29, 1.82) is 0 Å². The molecule has 0 amide bonds. The van der Waals surface area contributed by atoms with Crippen LogP contribution in [0, 0.1) is 6.92 Å². The third-order valence-corrected chi connectivity index (χ3v) is 4.61. The second-order valence-corrected chi connectivity index (χ2v) is 6.18. The maximum Gasteiger partial charge on any atom is 0.0738 e. The molecule has 1 unspecified atom stereocenters. The quantitative estimate of drug-likeness (QED) is 0.691. The number of aliphatic hydroxyl groups excluding tert-OH is 1. The highest BCUT2D eigenvalue weighted by Gasteiger charge is 2.14. The third-order valence-electron chi connectivity index (χ3n) is 3.58. The Kier molecular flexibility index (Phi) is 7.69. The van der Waals surface area contributed by atoms with Crippen molar-refractivity contribution in [2.45, 2.75) is 71.3 Å². The van der Waals surface area contributed by atoms with E-state index in [-0.39, 0.29) is 6.10 Å². The molecule has 0 aliphatic rings. The molecule has 0 aromatic carbocycles. The molecule has 1 heterocycles. The fraction of sp³-hybridized carbons (Fsp3) is 0.800. The third kappa shape index (κ3) is 5.65. The van der Waals surface area contributed by atoms with Gasteiger partial charge in [0.1, 0.15) is 0 Å². The Hall–Kier alpha value is -0.350. The Morgan fingerprint density at radius 2 is 1.84 bits per heavy atom. The van der Waals surface area contributed by atoms with Crippen molar-refractivity contribution >= 4 is 15.9 Å². The van der Waals surface area contributed by atoms with E-state index in [0.717, 1.165) is 28.7 Å². The summed E-state index contributed by atoms with van der Waals surface area (Å²) in [4.78, 5) is 0. The van der Waals surface area contributed by atoms with Crippen molar-refractivity contribution < 1.29 is 5.11 Å². The van der Waals surface area contributed by atoms with Crippen LogP contribution in [0.4, 0.5) is 0 Å². The van der Waals surface area contributed by atoms with Crippen molar-refractivity contribution in [1.82, 2.24) is 9.78 Å². The van der Waals surface area contributed by atoms with Crippen LogP contribution in [-0.4, -0.2) is 21.0 Å². The van der Waals surface area contributed by atoms with Crippen molar-refractivity contribution in [3.8, 4) is 0 Å². The molecular formula is C15H27BrN2O. The van der Waals surface area contributed by atoms with Crippen LogP contribution in [-0.2, 0) is 13.5 Å². The van der Waals surface area contributed by atoms with Crippen LogP contribution in [0.3, 0.4) is 0 Å². The highest BCUT2D eigenvalue weighted by atomic mass is 79.9. The van der Waals surface area contributed by atoms with Crippen molar-refractivity contribution in [3.63, 3.8) is 0 Å². The molecule has 4 heteroatoms. The molecule has 3 nitrogen and oxygen atoms in total. The molecule has 110 valence electrons. The lowest BCUT2D eigenvalue weighted by atomic mass is 10.0. The molecule has 0 saturated carbocycles. The molecule has 19 heavy (non-hydrogen) atoms. The Balaban J connectivity index is 2.25. The van der Waals surface area contributed by atoms with Crippen LogP contribution >= 0.6 is 15.9 Å². The number of halogens is 1. The van der Waals surface area contributed by atoms with Crippen LogP contribution in [0.1, 0.15) is 63.3 Å². The maximum atomic E-state index is 10.1. The number of aromatic nitrogens is 2. The van der Waals surface area contributed by atoms with Gasteiger partial charge in [0.2, 0.25) is 0 Å². The van der Waals surface area contributed by atoms with Gasteiger partial charge in [0, 0.05) is 13.5 Å². The van der Waals surface area contributed by atoms with Gasteiger partial charge in [-0.1, -0.05) is 45.4 Å². The topological polar surface area (TPSA) is 38.1 Å². The monoisotopic (exact) mass is 330 g/mol. The SMILES string of the molecule is CCCCCCCCC(O)Cc1c(Br)c(C)nn1C. The van der Waals surface area contributed by atoms with Gasteiger partial charge in [-0.15, -0.1) is 0 Å². The van der Waals surface area contributed by atoms with Gasteiger partial charge >= 0.3 is 0 Å². The van der Waals surface area contributed by atoms with E-state index in [4.69, 9.17) is 0 Å². The second kappa shape index (κ2) is 8.75. The van der Waals surface area contributed by atoms with Gasteiger partial charge in [0.15, 0.2) is 0 Å². The number of aryl methyl sites for hydroxylation is 2. The first-order chi connectivity index (χ1) is 9.06. The predicted octanol–water partition coefficient (Wildman–Crippen LogP) is 4.15. The van der Waals surface area contributed by atoms with Crippen molar-refractivity contribution in [2.75, 3.05) is 0 Å². The smallest absolute Gasteiger partial charge is 0.0738 e. The summed E-state index contributed by atoms with van der Waals surface area (Å²) in [6.45, 7) is 4.21. The molecule has 1 atom stereocenters. The zero-order valence-electron chi connectivity index (χ0n) is 12.5. The molecule has 0 saturated heterocycles. The minimum absolute atomic E-state index is 0.253. The van der Waals surface area contributed by atoms with Crippen LogP contribution in [0.25, 0.3) is 0 Å². The highest BCUT2D eigenvalue weighted by molar-refractivity contribution is 9.10. The summed E-state index contributed by atoms with van der Waals surface area (Å²) in [7, 11) is 1.94. The molecule has 0 aliphatic carbocycles. The largest absolute Gasteiger partial charge is 0.393 e. The van der Waals surface area contributed by atoms with Crippen molar-refractivity contribution in [2.24, 2.45) is 7.05 Å². The molecule has 1 rings (SSSR count). The van der Waals surface area contributed by atoms with E-state index in [1.165, 1.54) is 32.1 Å². The van der Waals surface area contributed by atoms with Crippen LogP contribution in [0.2, 0.25) is 0 Å². The Morgan fingerprint density at radius 1 is 1.21 bits per heavy atom. The molecule has 0 radical (unpaired) electrons. The molecule has 0 bridgehead atoms. The molecule has 1 aromatic rings. The predicted molar refractivity (Wildman–Crippen MR) is 83.3 cm³/mol. The number of rotatable bonds is 9. The zero-order valence-corrected chi connectivity index (χ0v) is 14.0. The fourth-order valence-corrected chi connectivity index (χ4v) is 2.89. The number of unbranched alkanes of at least 4 members (excludes halogenated alkanes) is 5. The molecule has 0 spiro atoms. The average Bonchev–Trinajstić information content (AvgIpc) is 2.60. The van der Waals surface area contributed by atoms with Crippen LogP contribution in [0.5, 0.6) is 0 Å². The van der Waals surface area contributed by atoms with Gasteiger partial charge in [-0.25, -0.2) is 0 Å². The summed E-state index contributed by atoms with van der Waals surface area (Å²) >= 11 is 3.55. The lowest BCUT2D eigenvalue weighted by Crippen LogP contribution is -2.13. The van der Waals surface area contributed by atoms with Gasteiger partial charge in [0.05, 0.1) is 22.0 Å². The minimum atomic E-state index is -0.253. The molecular weight excluding hydrogens is 304 g/mol. The fourth-order valence-electron chi connectivity index (χ4n) is 2.39. The van der Waals surface area contributed by atoms with Gasteiger partial charge in [-0.05, 0) is 29.3 Å². The summed E-state index contributed by atoms with van der Waals surface area (Å²) < 4.78 is 2.90. The van der Waals surface area contributed by atoms with Crippen LogP contribution in [0.15, 0.2) is 4.47 Å². The number of nitrogens with zero attached hydrogens (tertiary/aromatic N) is 2. The van der Waals surface area contributed by atoms with E-state index in [0.29, 0.717) is 6.42 Å². The summed E-state index contributed by atoms with van der Waals surface area (Å²) in [5.41, 5.74) is 2.08. The minimum Gasteiger partial charge on any atom is -0.393 e. The number of hydrogen-bond donors (Lipinski definition) is 1. The van der Waals surface area contributed by atoms with Crippen molar-refractivity contribution in [3.05, 3.63) is 15.9 Å². The van der Waals surface area contributed by atoms with E-state index in [1.54, 1.807) is 0 Å². The van der Waals surface area contributed by atoms with Gasteiger partial charge in [0.25, 0.3) is 0 Å². The Morgan fingerprint density at radius 3 is 2.42 bits per heavy atom. The maximum absolute atomic E-state index is 10.1. The first-order valence-electron chi connectivity index (χ1n) is 7.42. The Bertz CT molecular complexity index is 376. The van der Waals surface area contributed by atoms with E-state index >= 15 is 0 Å². The van der Waals surface area contributed by atoms with E-state index in [2.05, 4.69) is 28.0 Å². The Labute approximate surface area is 125 Å². The molecule has 1 N–H and O–H groups in total. The molecule has 0 aliphatic heterocycles. The molecule has 1 aromatic heterocycles. The normalized spacial score (nSPS) is 12.9. The summed E-state index contributed by atoms with van der Waals surface area (Å²) in [6.07, 6.45) is 8.95. The number of aliphatic hydroxyl groups is 1. The van der Waals surface area contributed by atoms with Crippen LogP contribution < -0.4 is 0 Å². The summed E-state index contributed by atoms with van der Waals surface area (Å²) in [5, 5.41) is 14.5. The highest BCUT2D eigenvalue weighted by Crippen LogP contribution is 2.22. The average molecular weight is 331 g/mol. The van der Waals surface area contributed by atoms with Gasteiger partial charge in [-0.2, -0.15) is 5.10 Å². The first kappa shape index (κ1) is 16.7. The second-order valence-electron chi connectivity index (χ2n) is 5.38.